The van der Waals surface area contributed by atoms with E-state index in [-0.39, 0.29) is 15.7 Å². The lowest BCUT2D eigenvalue weighted by molar-refractivity contribution is 0.0686. The lowest BCUT2D eigenvalue weighted by atomic mass is 10.4. The highest BCUT2D eigenvalue weighted by molar-refractivity contribution is 7.93. The zero-order valence-corrected chi connectivity index (χ0v) is 11.6. The number of aryl methyl sites for hydroxylation is 2. The summed E-state index contributed by atoms with van der Waals surface area (Å²) in [4.78, 5) is 14.5. The molecule has 0 saturated carbocycles. The van der Waals surface area contributed by atoms with E-state index in [1.807, 2.05) is 0 Å². The van der Waals surface area contributed by atoms with Crippen molar-refractivity contribution in [1.29, 1.82) is 0 Å². The molecule has 0 aliphatic carbocycles. The number of sulfonamides is 1. The van der Waals surface area contributed by atoms with Crippen LogP contribution in [0.25, 0.3) is 0 Å². The summed E-state index contributed by atoms with van der Waals surface area (Å²) in [5.74, 6) is -1.42. The van der Waals surface area contributed by atoms with Gasteiger partial charge < -0.3 is 5.11 Å². The van der Waals surface area contributed by atoms with E-state index >= 15 is 0 Å². The lowest BCUT2D eigenvalue weighted by Crippen LogP contribution is -2.16. The van der Waals surface area contributed by atoms with Crippen molar-refractivity contribution in [3.05, 3.63) is 22.5 Å². The lowest BCUT2D eigenvalue weighted by Gasteiger charge is -2.04. The fourth-order valence-corrected chi connectivity index (χ4v) is 3.73. The summed E-state index contributed by atoms with van der Waals surface area (Å²) >= 11 is 1.11. The van der Waals surface area contributed by atoms with E-state index in [0.717, 1.165) is 11.3 Å². The Bertz CT molecular complexity index is 731. The summed E-state index contributed by atoms with van der Waals surface area (Å²) in [6.07, 6.45) is 0. The van der Waals surface area contributed by atoms with Gasteiger partial charge in [-0.15, -0.1) is 11.3 Å². The van der Waals surface area contributed by atoms with Crippen molar-refractivity contribution in [2.45, 2.75) is 18.7 Å². The highest BCUT2D eigenvalue weighted by Crippen LogP contribution is 2.23. The highest BCUT2D eigenvalue weighted by Gasteiger charge is 2.28. The Balaban J connectivity index is 2.45. The van der Waals surface area contributed by atoms with Crippen molar-refractivity contribution in [2.24, 2.45) is 0 Å². The summed E-state index contributed by atoms with van der Waals surface area (Å²) in [5, 5.41) is 16.6. The van der Waals surface area contributed by atoms with Crippen LogP contribution in [-0.2, 0) is 10.0 Å². The van der Waals surface area contributed by atoms with Gasteiger partial charge in [-0.2, -0.15) is 5.10 Å². The van der Waals surface area contributed by atoms with E-state index in [1.165, 1.54) is 6.92 Å². The Kier molecular flexibility index (Phi) is 3.28. The normalized spacial score (nSPS) is 11.5. The number of H-pyrrole nitrogens is 1. The molecule has 10 heteroatoms. The number of thiazole rings is 1. The Hall–Kier alpha value is -1.94. The van der Waals surface area contributed by atoms with Gasteiger partial charge in [0.15, 0.2) is 10.8 Å². The number of carboxylic acids is 1. The molecule has 0 unspecified atom stereocenters. The van der Waals surface area contributed by atoms with Gasteiger partial charge in [0.1, 0.15) is 4.90 Å². The molecule has 2 aromatic heterocycles. The van der Waals surface area contributed by atoms with Crippen LogP contribution in [0.1, 0.15) is 21.9 Å². The van der Waals surface area contributed by atoms with E-state index in [9.17, 15) is 13.2 Å². The number of aromatic carboxylic acids is 1. The van der Waals surface area contributed by atoms with Gasteiger partial charge in [-0.25, -0.2) is 18.2 Å². The van der Waals surface area contributed by atoms with Crippen LogP contribution in [0.3, 0.4) is 0 Å². The molecule has 0 aliphatic heterocycles. The zero-order valence-electron chi connectivity index (χ0n) is 9.96. The molecule has 0 bridgehead atoms. The quantitative estimate of drug-likeness (QED) is 0.773. The molecule has 0 fully saturated rings. The molecule has 0 amide bonds. The van der Waals surface area contributed by atoms with E-state index in [2.05, 4.69) is 19.9 Å². The van der Waals surface area contributed by atoms with Gasteiger partial charge in [0, 0.05) is 5.38 Å². The molecule has 2 rings (SSSR count). The first-order chi connectivity index (χ1) is 8.81. The molecule has 0 atom stereocenters. The Morgan fingerprint density at radius 3 is 2.68 bits per heavy atom. The Labute approximate surface area is 112 Å². The first-order valence-corrected chi connectivity index (χ1v) is 7.41. The van der Waals surface area contributed by atoms with Crippen LogP contribution >= 0.6 is 11.3 Å². The Morgan fingerprint density at radius 2 is 2.16 bits per heavy atom. The molecule has 2 aromatic rings. The van der Waals surface area contributed by atoms with E-state index < -0.39 is 21.7 Å². The minimum absolute atomic E-state index is 0.151. The number of hydrogen-bond acceptors (Lipinski definition) is 6. The van der Waals surface area contributed by atoms with Crippen LogP contribution in [0.15, 0.2) is 10.3 Å². The van der Waals surface area contributed by atoms with Crippen LogP contribution in [-0.4, -0.2) is 34.7 Å². The summed E-state index contributed by atoms with van der Waals surface area (Å²) in [5.41, 5.74) is 0.279. The Morgan fingerprint density at radius 1 is 1.47 bits per heavy atom. The third kappa shape index (κ3) is 2.58. The maximum Gasteiger partial charge on any atom is 0.357 e. The number of rotatable bonds is 4. The van der Waals surface area contributed by atoms with Crippen molar-refractivity contribution in [2.75, 3.05) is 4.72 Å². The zero-order chi connectivity index (χ0) is 14.2. The molecule has 102 valence electrons. The average Bonchev–Trinajstić information content (AvgIpc) is 2.84. The van der Waals surface area contributed by atoms with Crippen LogP contribution in [0, 0.1) is 13.8 Å². The third-order valence-electron chi connectivity index (χ3n) is 2.20. The fourth-order valence-electron chi connectivity index (χ4n) is 1.46. The SMILES string of the molecule is Cc1csc(NS(=O)(=O)c2c(C(=O)O)n[nH]c2C)n1. The van der Waals surface area contributed by atoms with E-state index in [1.54, 1.807) is 12.3 Å². The maximum absolute atomic E-state index is 12.2. The largest absolute Gasteiger partial charge is 0.476 e. The smallest absolute Gasteiger partial charge is 0.357 e. The second kappa shape index (κ2) is 4.63. The number of carboxylic acid groups (broad SMARTS) is 1. The van der Waals surface area contributed by atoms with Gasteiger partial charge in [0.2, 0.25) is 0 Å². The van der Waals surface area contributed by atoms with Crippen LogP contribution in [0.4, 0.5) is 5.13 Å². The number of aromatic amines is 1. The monoisotopic (exact) mass is 302 g/mol. The molecule has 0 radical (unpaired) electrons. The van der Waals surface area contributed by atoms with E-state index in [0.29, 0.717) is 5.69 Å². The molecular weight excluding hydrogens is 292 g/mol. The maximum atomic E-state index is 12.2. The highest BCUT2D eigenvalue weighted by atomic mass is 32.2. The number of nitrogens with one attached hydrogen (secondary N) is 2. The minimum atomic E-state index is -4.04. The van der Waals surface area contributed by atoms with Gasteiger partial charge in [-0.3, -0.25) is 9.82 Å². The van der Waals surface area contributed by atoms with E-state index in [4.69, 9.17) is 5.11 Å². The number of aromatic nitrogens is 3. The topological polar surface area (TPSA) is 125 Å². The van der Waals surface area contributed by atoms with Crippen LogP contribution in [0.2, 0.25) is 0 Å². The predicted octanol–water partition coefficient (Wildman–Crippen LogP) is 0.982. The molecule has 0 aliphatic rings. The summed E-state index contributed by atoms with van der Waals surface area (Å²) in [7, 11) is -4.04. The van der Waals surface area contributed by atoms with Gasteiger partial charge in [-0.1, -0.05) is 0 Å². The first kappa shape index (κ1) is 13.5. The summed E-state index contributed by atoms with van der Waals surface area (Å²) in [6, 6.07) is 0. The summed E-state index contributed by atoms with van der Waals surface area (Å²) < 4.78 is 26.5. The van der Waals surface area contributed by atoms with Crippen molar-refractivity contribution in [3.63, 3.8) is 0 Å². The van der Waals surface area contributed by atoms with Crippen molar-refractivity contribution < 1.29 is 18.3 Å². The molecule has 0 aromatic carbocycles. The number of nitrogens with zero attached hydrogens (tertiary/aromatic N) is 2. The second-order valence-corrected chi connectivity index (χ2v) is 6.21. The molecule has 0 spiro atoms. The minimum Gasteiger partial charge on any atom is -0.476 e. The molecule has 2 heterocycles. The van der Waals surface area contributed by atoms with Crippen LogP contribution in [0.5, 0.6) is 0 Å². The number of carbonyl (C=O) groups is 1. The van der Waals surface area contributed by atoms with Gasteiger partial charge >= 0.3 is 5.97 Å². The van der Waals surface area contributed by atoms with Gasteiger partial charge in [0.25, 0.3) is 10.0 Å². The summed E-state index contributed by atoms with van der Waals surface area (Å²) in [6.45, 7) is 3.15. The average molecular weight is 302 g/mol. The predicted molar refractivity (Wildman–Crippen MR) is 67.9 cm³/mol. The number of hydrogen-bond donors (Lipinski definition) is 3. The standard InChI is InChI=1S/C9H10N4O4S2/c1-4-3-18-9(10-4)13-19(16,17)7-5(2)11-12-6(7)8(14)15/h3H,1-2H3,(H,10,13)(H,11,12)(H,14,15). The first-order valence-electron chi connectivity index (χ1n) is 5.04. The van der Waals surface area contributed by atoms with Gasteiger partial charge in [0.05, 0.1) is 11.4 Å². The molecule has 19 heavy (non-hydrogen) atoms. The van der Waals surface area contributed by atoms with Crippen molar-refractivity contribution in [1.82, 2.24) is 15.2 Å². The molecular formula is C9H10N4O4S2. The number of anilines is 1. The van der Waals surface area contributed by atoms with Crippen molar-refractivity contribution >= 4 is 32.5 Å². The molecule has 0 saturated heterocycles. The fraction of sp³-hybridized carbons (Fsp3) is 0.222. The third-order valence-corrected chi connectivity index (χ3v) is 4.71. The van der Waals surface area contributed by atoms with Gasteiger partial charge in [-0.05, 0) is 13.8 Å². The molecule has 8 nitrogen and oxygen atoms in total. The second-order valence-electron chi connectivity index (χ2n) is 3.73. The molecule has 3 N–H and O–H groups in total. The van der Waals surface area contributed by atoms with Crippen LogP contribution < -0.4 is 4.72 Å². The van der Waals surface area contributed by atoms with Crippen molar-refractivity contribution in [3.8, 4) is 0 Å².